The maximum Gasteiger partial charge on any atom is 0.243 e. The van der Waals surface area contributed by atoms with Crippen LogP contribution in [0.25, 0.3) is 10.8 Å². The predicted molar refractivity (Wildman–Crippen MR) is 95.3 cm³/mol. The van der Waals surface area contributed by atoms with Gasteiger partial charge in [-0.05, 0) is 18.8 Å². The Balaban J connectivity index is 1.68. The zero-order chi connectivity index (χ0) is 16.5. The third-order valence-electron chi connectivity index (χ3n) is 3.54. The number of benzene rings is 1. The highest BCUT2D eigenvalue weighted by Crippen LogP contribution is 2.22. The molecule has 0 aliphatic carbocycles. The molecular formula is C20H25NO2. The number of furan rings is 1. The van der Waals surface area contributed by atoms with Gasteiger partial charge in [0.15, 0.2) is 0 Å². The van der Waals surface area contributed by atoms with Crippen LogP contribution in [0.5, 0.6) is 0 Å². The van der Waals surface area contributed by atoms with E-state index in [1.807, 2.05) is 24.5 Å². The Kier molecular flexibility index (Phi) is 6.67. The van der Waals surface area contributed by atoms with Gasteiger partial charge in [-0.1, -0.05) is 56.3 Å². The van der Waals surface area contributed by atoms with Crippen molar-refractivity contribution in [3.63, 3.8) is 0 Å². The molecule has 3 heteroatoms. The fourth-order valence-corrected chi connectivity index (χ4v) is 2.31. The molecule has 0 aliphatic heterocycles. The van der Waals surface area contributed by atoms with Crippen molar-refractivity contribution in [1.82, 2.24) is 5.32 Å². The molecule has 0 fully saturated rings. The summed E-state index contributed by atoms with van der Waals surface area (Å²) < 4.78 is 5.63. The van der Waals surface area contributed by atoms with E-state index in [2.05, 4.69) is 37.4 Å². The largest absolute Gasteiger partial charge is 0.468 e. The topological polar surface area (TPSA) is 42.2 Å². The van der Waals surface area contributed by atoms with Crippen LogP contribution in [-0.4, -0.2) is 12.5 Å². The highest BCUT2D eigenvalue weighted by atomic mass is 16.3. The zero-order valence-electron chi connectivity index (χ0n) is 13.9. The van der Waals surface area contributed by atoms with Crippen LogP contribution in [0.3, 0.4) is 0 Å². The number of fused-ring (bicyclic) bond motifs is 1. The fraction of sp³-hybridized carbons (Fsp3) is 0.350. The lowest BCUT2D eigenvalue weighted by atomic mass is 10.1. The van der Waals surface area contributed by atoms with Crippen molar-refractivity contribution < 1.29 is 9.21 Å². The summed E-state index contributed by atoms with van der Waals surface area (Å²) in [6, 6.07) is 8.23. The number of aryl methyl sites for hydroxylation is 1. The summed E-state index contributed by atoms with van der Waals surface area (Å²) in [5.74, 6) is 1.49. The van der Waals surface area contributed by atoms with Crippen LogP contribution in [0.2, 0.25) is 0 Å². The van der Waals surface area contributed by atoms with Crippen LogP contribution in [0.4, 0.5) is 0 Å². The van der Waals surface area contributed by atoms with Crippen LogP contribution >= 0.6 is 0 Å². The maximum absolute atomic E-state index is 11.5. The third-order valence-corrected chi connectivity index (χ3v) is 3.54. The van der Waals surface area contributed by atoms with Gasteiger partial charge in [-0.25, -0.2) is 0 Å². The summed E-state index contributed by atoms with van der Waals surface area (Å²) in [5.41, 5.74) is 0. The van der Waals surface area contributed by atoms with Gasteiger partial charge in [0.2, 0.25) is 5.91 Å². The second-order valence-corrected chi connectivity index (χ2v) is 6.06. The molecule has 0 unspecified atom stereocenters. The van der Waals surface area contributed by atoms with Gasteiger partial charge in [0, 0.05) is 29.8 Å². The lowest BCUT2D eigenvalue weighted by molar-refractivity contribution is -0.116. The van der Waals surface area contributed by atoms with Crippen molar-refractivity contribution in [2.45, 2.75) is 33.1 Å². The third kappa shape index (κ3) is 5.78. The summed E-state index contributed by atoms with van der Waals surface area (Å²) in [5, 5.41) is 5.21. The van der Waals surface area contributed by atoms with E-state index >= 15 is 0 Å². The average molecular weight is 311 g/mol. The van der Waals surface area contributed by atoms with Gasteiger partial charge >= 0.3 is 0 Å². The molecule has 0 spiro atoms. The lowest BCUT2D eigenvalue weighted by Crippen LogP contribution is -2.25. The number of allylic oxidation sites excluding steroid dienone is 3. The Bertz CT molecular complexity index is 680. The fourth-order valence-electron chi connectivity index (χ4n) is 2.31. The second kappa shape index (κ2) is 8.99. The standard InChI is InChI=1S/C20H25NO2/c1-16(2)14-21-20(22)13-7-5-3-4-6-12-19-18-11-9-8-10-17(18)15-23-19/h3,5,7-11,13,15-16H,4,6,12,14H2,1-2H3,(H,21,22). The summed E-state index contributed by atoms with van der Waals surface area (Å²) in [4.78, 5) is 11.5. The van der Waals surface area contributed by atoms with Gasteiger partial charge in [-0.2, -0.15) is 0 Å². The highest BCUT2D eigenvalue weighted by molar-refractivity contribution is 5.87. The minimum atomic E-state index is -0.0367. The second-order valence-electron chi connectivity index (χ2n) is 6.06. The molecule has 0 radical (unpaired) electrons. The van der Waals surface area contributed by atoms with E-state index in [0.717, 1.165) is 30.4 Å². The number of carbonyl (C=O) groups excluding carboxylic acids is 1. The molecule has 1 aromatic heterocycles. The molecule has 122 valence electrons. The lowest BCUT2D eigenvalue weighted by Gasteiger charge is -2.03. The van der Waals surface area contributed by atoms with E-state index in [1.165, 1.54) is 5.39 Å². The van der Waals surface area contributed by atoms with Crippen LogP contribution in [0.15, 0.2) is 59.2 Å². The zero-order valence-corrected chi connectivity index (χ0v) is 13.9. The SMILES string of the molecule is CC(C)CNC(=O)C=CC=CCCCc1occ2ccccc12. The first-order chi connectivity index (χ1) is 11.2. The molecule has 1 heterocycles. The Hall–Kier alpha value is -2.29. The average Bonchev–Trinajstić information content (AvgIpc) is 2.95. The van der Waals surface area contributed by atoms with Crippen LogP contribution in [0.1, 0.15) is 32.4 Å². The minimum Gasteiger partial charge on any atom is -0.468 e. The molecule has 1 N–H and O–H groups in total. The molecule has 0 saturated heterocycles. The van der Waals surface area contributed by atoms with Crippen molar-refractivity contribution in [2.24, 2.45) is 5.92 Å². The van der Waals surface area contributed by atoms with Crippen molar-refractivity contribution in [1.29, 1.82) is 0 Å². The maximum atomic E-state index is 11.5. The smallest absolute Gasteiger partial charge is 0.243 e. The number of hydrogen-bond acceptors (Lipinski definition) is 2. The normalized spacial score (nSPS) is 12.0. The number of carbonyl (C=O) groups is 1. The number of rotatable bonds is 8. The van der Waals surface area contributed by atoms with Gasteiger partial charge in [-0.15, -0.1) is 0 Å². The summed E-state index contributed by atoms with van der Waals surface area (Å²) in [6.07, 6.45) is 12.1. The van der Waals surface area contributed by atoms with Crippen LogP contribution < -0.4 is 5.32 Å². The minimum absolute atomic E-state index is 0.0367. The van der Waals surface area contributed by atoms with E-state index in [9.17, 15) is 4.79 Å². The Labute approximate surface area is 138 Å². The first-order valence-corrected chi connectivity index (χ1v) is 8.23. The van der Waals surface area contributed by atoms with Gasteiger partial charge in [0.1, 0.15) is 5.76 Å². The molecule has 1 amide bonds. The summed E-state index contributed by atoms with van der Waals surface area (Å²) in [7, 11) is 0. The molecule has 0 bridgehead atoms. The molecular weight excluding hydrogens is 286 g/mol. The van der Waals surface area contributed by atoms with Crippen molar-refractivity contribution in [2.75, 3.05) is 6.54 Å². The number of amides is 1. The van der Waals surface area contributed by atoms with Crippen molar-refractivity contribution >= 4 is 16.7 Å². The van der Waals surface area contributed by atoms with E-state index in [-0.39, 0.29) is 5.91 Å². The quantitative estimate of drug-likeness (QED) is 0.438. The molecule has 3 nitrogen and oxygen atoms in total. The Morgan fingerprint density at radius 3 is 2.91 bits per heavy atom. The van der Waals surface area contributed by atoms with E-state index in [4.69, 9.17) is 4.42 Å². The molecule has 23 heavy (non-hydrogen) atoms. The monoisotopic (exact) mass is 311 g/mol. The highest BCUT2D eigenvalue weighted by Gasteiger charge is 2.03. The Morgan fingerprint density at radius 1 is 1.26 bits per heavy atom. The van der Waals surface area contributed by atoms with Gasteiger partial charge < -0.3 is 9.73 Å². The number of hydrogen-bond donors (Lipinski definition) is 1. The molecule has 2 aromatic rings. The van der Waals surface area contributed by atoms with E-state index < -0.39 is 0 Å². The molecule has 2 rings (SSSR count). The van der Waals surface area contributed by atoms with Crippen LogP contribution in [0, 0.1) is 5.92 Å². The van der Waals surface area contributed by atoms with E-state index in [0.29, 0.717) is 12.5 Å². The van der Waals surface area contributed by atoms with Gasteiger partial charge in [0.25, 0.3) is 0 Å². The van der Waals surface area contributed by atoms with E-state index in [1.54, 1.807) is 12.2 Å². The van der Waals surface area contributed by atoms with Crippen molar-refractivity contribution in [3.8, 4) is 0 Å². The molecule has 0 atom stereocenters. The summed E-state index contributed by atoms with van der Waals surface area (Å²) >= 11 is 0. The van der Waals surface area contributed by atoms with Gasteiger partial charge in [-0.3, -0.25) is 4.79 Å². The first kappa shape index (κ1) is 17.1. The first-order valence-electron chi connectivity index (χ1n) is 8.23. The Morgan fingerprint density at radius 2 is 2.09 bits per heavy atom. The molecule has 0 aliphatic rings. The van der Waals surface area contributed by atoms with Crippen LogP contribution in [-0.2, 0) is 11.2 Å². The molecule has 0 saturated carbocycles. The van der Waals surface area contributed by atoms with Gasteiger partial charge in [0.05, 0.1) is 6.26 Å². The number of unbranched alkanes of at least 4 members (excludes halogenated alkanes) is 1. The van der Waals surface area contributed by atoms with Crippen molar-refractivity contribution in [3.05, 3.63) is 60.6 Å². The molecule has 1 aromatic carbocycles. The predicted octanol–water partition coefficient (Wildman–Crippen LogP) is 4.64. The summed E-state index contributed by atoms with van der Waals surface area (Å²) in [6.45, 7) is 4.86. The number of nitrogens with one attached hydrogen (secondary N) is 1.